The van der Waals surface area contributed by atoms with E-state index in [4.69, 9.17) is 0 Å². The van der Waals surface area contributed by atoms with E-state index in [0.29, 0.717) is 17.2 Å². The molecule has 0 aliphatic carbocycles. The Morgan fingerprint density at radius 1 is 1.73 bits per heavy atom. The molecule has 1 aliphatic heterocycles. The molecule has 0 bridgehead atoms. The van der Waals surface area contributed by atoms with E-state index in [1.165, 1.54) is 0 Å². The quantitative estimate of drug-likeness (QED) is 0.649. The molecule has 11 heavy (non-hydrogen) atoms. The predicted molar refractivity (Wildman–Crippen MR) is 48.8 cm³/mol. The highest BCUT2D eigenvalue weighted by Gasteiger charge is 2.22. The second kappa shape index (κ2) is 4.10. The third-order valence-corrected chi connectivity index (χ3v) is 2.69. The summed E-state index contributed by atoms with van der Waals surface area (Å²) in [6.45, 7) is 3.88. The number of nitrogens with zero attached hydrogens (tertiary/aromatic N) is 1. The lowest BCUT2D eigenvalue weighted by molar-refractivity contribution is -0.130. The van der Waals surface area contributed by atoms with Crippen molar-refractivity contribution in [1.82, 2.24) is 4.90 Å². The van der Waals surface area contributed by atoms with Crippen molar-refractivity contribution >= 4 is 21.8 Å². The van der Waals surface area contributed by atoms with E-state index in [2.05, 4.69) is 15.9 Å². The second-order valence-corrected chi connectivity index (χ2v) is 4.27. The van der Waals surface area contributed by atoms with Gasteiger partial charge in [-0.1, -0.05) is 22.9 Å². The van der Waals surface area contributed by atoms with Crippen LogP contribution in [0.4, 0.5) is 0 Å². The van der Waals surface area contributed by atoms with Crippen LogP contribution in [-0.4, -0.2) is 28.7 Å². The highest BCUT2D eigenvalue weighted by atomic mass is 79.9. The van der Waals surface area contributed by atoms with E-state index >= 15 is 0 Å². The molecule has 1 aliphatic rings. The van der Waals surface area contributed by atoms with Gasteiger partial charge in [-0.25, -0.2) is 0 Å². The molecule has 64 valence electrons. The summed E-state index contributed by atoms with van der Waals surface area (Å²) >= 11 is 3.50. The Bertz CT molecular complexity index is 149. The normalized spacial score (nSPS) is 24.2. The minimum atomic E-state index is 0.314. The Morgan fingerprint density at radius 2 is 2.45 bits per heavy atom. The van der Waals surface area contributed by atoms with Crippen molar-refractivity contribution in [3.05, 3.63) is 0 Å². The topological polar surface area (TPSA) is 20.3 Å². The molecule has 0 spiro atoms. The molecule has 1 fully saturated rings. The number of likely N-dealkylation sites (tertiary alicyclic amines) is 1. The standard InChI is InChI=1S/C8H14BrNO/c1-2-3-8(11)10-5-4-7(9)6-10/h7H,2-6H2,1H3. The van der Waals surface area contributed by atoms with Gasteiger partial charge in [0.15, 0.2) is 0 Å². The molecule has 0 radical (unpaired) electrons. The maximum Gasteiger partial charge on any atom is 0.222 e. The Kier molecular flexibility index (Phi) is 3.37. The first kappa shape index (κ1) is 9.04. The van der Waals surface area contributed by atoms with E-state index in [0.717, 1.165) is 25.9 Å². The maximum atomic E-state index is 11.3. The van der Waals surface area contributed by atoms with Gasteiger partial charge in [0.2, 0.25) is 5.91 Å². The summed E-state index contributed by atoms with van der Waals surface area (Å²) in [5, 5.41) is 0. The molecular formula is C8H14BrNO. The van der Waals surface area contributed by atoms with E-state index < -0.39 is 0 Å². The van der Waals surface area contributed by atoms with Gasteiger partial charge in [-0.3, -0.25) is 4.79 Å². The van der Waals surface area contributed by atoms with Crippen LogP contribution in [0.15, 0.2) is 0 Å². The molecule has 1 amide bonds. The van der Waals surface area contributed by atoms with Gasteiger partial charge >= 0.3 is 0 Å². The van der Waals surface area contributed by atoms with Crippen LogP contribution in [0.5, 0.6) is 0 Å². The van der Waals surface area contributed by atoms with Crippen molar-refractivity contribution < 1.29 is 4.79 Å². The maximum absolute atomic E-state index is 11.3. The molecule has 1 saturated heterocycles. The van der Waals surface area contributed by atoms with Gasteiger partial charge in [0.05, 0.1) is 0 Å². The number of rotatable bonds is 2. The summed E-state index contributed by atoms with van der Waals surface area (Å²) in [7, 11) is 0. The molecule has 0 aromatic rings. The van der Waals surface area contributed by atoms with E-state index in [1.54, 1.807) is 0 Å². The van der Waals surface area contributed by atoms with Crippen LogP contribution in [-0.2, 0) is 4.79 Å². The molecular weight excluding hydrogens is 206 g/mol. The van der Waals surface area contributed by atoms with Gasteiger partial charge in [0, 0.05) is 24.3 Å². The molecule has 1 rings (SSSR count). The second-order valence-electron chi connectivity index (χ2n) is 2.98. The summed E-state index contributed by atoms with van der Waals surface area (Å²) in [4.78, 5) is 13.8. The van der Waals surface area contributed by atoms with Gasteiger partial charge in [-0.05, 0) is 12.8 Å². The zero-order valence-electron chi connectivity index (χ0n) is 6.85. The van der Waals surface area contributed by atoms with Gasteiger partial charge in [0.1, 0.15) is 0 Å². The number of hydrogen-bond acceptors (Lipinski definition) is 1. The van der Waals surface area contributed by atoms with Crippen LogP contribution in [0.25, 0.3) is 0 Å². The predicted octanol–water partition coefficient (Wildman–Crippen LogP) is 1.78. The first-order valence-corrected chi connectivity index (χ1v) is 5.07. The Hall–Kier alpha value is -0.0500. The summed E-state index contributed by atoms with van der Waals surface area (Å²) in [6, 6.07) is 0. The number of halogens is 1. The fourth-order valence-electron chi connectivity index (χ4n) is 1.32. The van der Waals surface area contributed by atoms with Crippen molar-refractivity contribution in [3.63, 3.8) is 0 Å². The highest BCUT2D eigenvalue weighted by molar-refractivity contribution is 9.09. The monoisotopic (exact) mass is 219 g/mol. The van der Waals surface area contributed by atoms with Crippen LogP contribution in [0.3, 0.4) is 0 Å². The van der Waals surface area contributed by atoms with Crippen LogP contribution >= 0.6 is 15.9 Å². The van der Waals surface area contributed by atoms with Crippen molar-refractivity contribution in [1.29, 1.82) is 0 Å². The average Bonchev–Trinajstić information content (AvgIpc) is 2.36. The molecule has 3 heteroatoms. The number of alkyl halides is 1. The summed E-state index contributed by atoms with van der Waals surface area (Å²) in [6.07, 6.45) is 2.78. The third kappa shape index (κ3) is 2.47. The molecule has 1 atom stereocenters. The molecule has 0 N–H and O–H groups in total. The van der Waals surface area contributed by atoms with Crippen LogP contribution in [0, 0.1) is 0 Å². The first-order chi connectivity index (χ1) is 5.24. The number of carbonyl (C=O) groups is 1. The molecule has 1 unspecified atom stereocenters. The van der Waals surface area contributed by atoms with Gasteiger partial charge < -0.3 is 4.90 Å². The van der Waals surface area contributed by atoms with Crippen molar-refractivity contribution in [2.45, 2.75) is 31.0 Å². The molecule has 0 aromatic carbocycles. The molecule has 0 aromatic heterocycles. The average molecular weight is 220 g/mol. The van der Waals surface area contributed by atoms with Crippen LogP contribution in [0.1, 0.15) is 26.2 Å². The minimum absolute atomic E-state index is 0.314. The smallest absolute Gasteiger partial charge is 0.222 e. The Labute approximate surface area is 76.1 Å². The molecule has 2 nitrogen and oxygen atoms in total. The number of hydrogen-bond donors (Lipinski definition) is 0. The third-order valence-electron chi connectivity index (χ3n) is 1.95. The lowest BCUT2D eigenvalue weighted by Crippen LogP contribution is -2.28. The van der Waals surface area contributed by atoms with Crippen molar-refractivity contribution in [2.75, 3.05) is 13.1 Å². The fourth-order valence-corrected chi connectivity index (χ4v) is 1.87. The first-order valence-electron chi connectivity index (χ1n) is 4.16. The summed E-state index contributed by atoms with van der Waals surface area (Å²) in [5.74, 6) is 0.314. The summed E-state index contributed by atoms with van der Waals surface area (Å²) < 4.78 is 0. The SMILES string of the molecule is CCCC(=O)N1CCC(Br)C1. The van der Waals surface area contributed by atoms with E-state index in [9.17, 15) is 4.79 Å². The number of carbonyl (C=O) groups excluding carboxylic acids is 1. The molecule has 1 heterocycles. The largest absolute Gasteiger partial charge is 0.342 e. The van der Waals surface area contributed by atoms with Gasteiger partial charge in [0.25, 0.3) is 0 Å². The number of amides is 1. The summed E-state index contributed by atoms with van der Waals surface area (Å²) in [5.41, 5.74) is 0. The van der Waals surface area contributed by atoms with Crippen LogP contribution < -0.4 is 0 Å². The van der Waals surface area contributed by atoms with Crippen molar-refractivity contribution in [2.24, 2.45) is 0 Å². The van der Waals surface area contributed by atoms with Crippen LogP contribution in [0.2, 0.25) is 0 Å². The lowest BCUT2D eigenvalue weighted by atomic mass is 10.3. The van der Waals surface area contributed by atoms with Gasteiger partial charge in [-0.2, -0.15) is 0 Å². The minimum Gasteiger partial charge on any atom is -0.342 e. The zero-order chi connectivity index (χ0) is 8.27. The highest BCUT2D eigenvalue weighted by Crippen LogP contribution is 2.17. The van der Waals surface area contributed by atoms with Crippen molar-refractivity contribution in [3.8, 4) is 0 Å². The Balaban J connectivity index is 2.31. The zero-order valence-corrected chi connectivity index (χ0v) is 8.43. The fraction of sp³-hybridized carbons (Fsp3) is 0.875. The Morgan fingerprint density at radius 3 is 2.91 bits per heavy atom. The van der Waals surface area contributed by atoms with E-state index in [1.807, 2.05) is 11.8 Å². The van der Waals surface area contributed by atoms with E-state index in [-0.39, 0.29) is 0 Å². The van der Waals surface area contributed by atoms with Gasteiger partial charge in [-0.15, -0.1) is 0 Å². The lowest BCUT2D eigenvalue weighted by Gasteiger charge is -2.14. The molecule has 0 saturated carbocycles.